The van der Waals surface area contributed by atoms with Crippen LogP contribution in [-0.2, 0) is 6.54 Å². The summed E-state index contributed by atoms with van der Waals surface area (Å²) in [6, 6.07) is 14.2. The van der Waals surface area contributed by atoms with Crippen LogP contribution < -0.4 is 0 Å². The third kappa shape index (κ3) is 4.14. The number of nitrogens with zero attached hydrogens (tertiary/aromatic N) is 1. The molecule has 2 aromatic rings. The zero-order chi connectivity index (χ0) is 15.2. The number of halogens is 2. The molecule has 0 heterocycles. The molecule has 0 saturated carbocycles. The Labute approximate surface area is 132 Å². The first kappa shape index (κ1) is 15.7. The summed E-state index contributed by atoms with van der Waals surface area (Å²) in [5, 5.41) is 0. The second kappa shape index (κ2) is 7.36. The lowest BCUT2D eigenvalue weighted by molar-refractivity contribution is 0.0738. The highest BCUT2D eigenvalue weighted by molar-refractivity contribution is 9.10. The highest BCUT2D eigenvalue weighted by Crippen LogP contribution is 2.18. The molecular weight excluding hydrogens is 333 g/mol. The summed E-state index contributed by atoms with van der Waals surface area (Å²) >= 11 is 3.28. The van der Waals surface area contributed by atoms with Crippen molar-refractivity contribution in [2.24, 2.45) is 0 Å². The molecule has 0 radical (unpaired) electrons. The summed E-state index contributed by atoms with van der Waals surface area (Å²) in [4.78, 5) is 14.3. The highest BCUT2D eigenvalue weighted by Gasteiger charge is 2.19. The zero-order valence-electron chi connectivity index (χ0n) is 11.9. The summed E-state index contributed by atoms with van der Waals surface area (Å²) in [5.74, 6) is -0.767. The molecule has 0 N–H and O–H groups in total. The lowest BCUT2D eigenvalue weighted by Crippen LogP contribution is -2.32. The third-order valence-corrected chi connectivity index (χ3v) is 3.65. The van der Waals surface area contributed by atoms with Crippen molar-refractivity contribution in [1.82, 2.24) is 4.90 Å². The summed E-state index contributed by atoms with van der Waals surface area (Å²) < 4.78 is 14.6. The van der Waals surface area contributed by atoms with Crippen LogP contribution in [0.25, 0.3) is 0 Å². The summed E-state index contributed by atoms with van der Waals surface area (Å²) in [6.45, 7) is 3.09. The molecule has 2 aromatic carbocycles. The summed E-state index contributed by atoms with van der Waals surface area (Å²) in [5.41, 5.74) is 1.14. The van der Waals surface area contributed by atoms with Crippen molar-refractivity contribution in [3.8, 4) is 0 Å². The Balaban J connectivity index is 2.25. The maximum absolute atomic E-state index is 13.9. The third-order valence-electron chi connectivity index (χ3n) is 3.16. The Morgan fingerprint density at radius 2 is 1.90 bits per heavy atom. The highest BCUT2D eigenvalue weighted by atomic mass is 79.9. The maximum Gasteiger partial charge on any atom is 0.257 e. The average Bonchev–Trinajstić information content (AvgIpc) is 2.49. The van der Waals surface area contributed by atoms with E-state index in [1.165, 1.54) is 12.1 Å². The fourth-order valence-corrected chi connectivity index (χ4v) is 2.52. The van der Waals surface area contributed by atoms with E-state index in [1.54, 1.807) is 11.0 Å². The van der Waals surface area contributed by atoms with Gasteiger partial charge in [0.25, 0.3) is 5.91 Å². The number of carbonyl (C=O) groups excluding carboxylic acids is 1. The van der Waals surface area contributed by atoms with E-state index in [9.17, 15) is 9.18 Å². The normalized spacial score (nSPS) is 10.4. The topological polar surface area (TPSA) is 20.3 Å². The smallest absolute Gasteiger partial charge is 0.257 e. The lowest BCUT2D eigenvalue weighted by atomic mass is 10.1. The second-order valence-corrected chi connectivity index (χ2v) is 5.75. The van der Waals surface area contributed by atoms with Crippen molar-refractivity contribution < 1.29 is 9.18 Å². The van der Waals surface area contributed by atoms with E-state index in [0.717, 1.165) is 12.0 Å². The SMILES string of the molecule is CCCN(Cc1ccccc1)C(=O)c1cc(Br)ccc1F. The molecule has 0 aliphatic rings. The molecule has 0 atom stereocenters. The van der Waals surface area contributed by atoms with Gasteiger partial charge in [-0.15, -0.1) is 0 Å². The number of hydrogen-bond donors (Lipinski definition) is 0. The Morgan fingerprint density at radius 1 is 1.19 bits per heavy atom. The first-order valence-electron chi connectivity index (χ1n) is 6.90. The standard InChI is InChI=1S/C17H17BrFNO/c1-2-10-20(12-13-6-4-3-5-7-13)17(21)15-11-14(18)8-9-16(15)19/h3-9,11H,2,10,12H2,1H3. The van der Waals surface area contributed by atoms with Gasteiger partial charge in [0.2, 0.25) is 0 Å². The first-order valence-corrected chi connectivity index (χ1v) is 7.69. The van der Waals surface area contributed by atoms with Gasteiger partial charge in [-0.2, -0.15) is 0 Å². The number of carbonyl (C=O) groups is 1. The van der Waals surface area contributed by atoms with Crippen LogP contribution in [0.15, 0.2) is 53.0 Å². The number of rotatable bonds is 5. The van der Waals surface area contributed by atoms with Gasteiger partial charge in [-0.1, -0.05) is 53.2 Å². The van der Waals surface area contributed by atoms with Crippen LogP contribution >= 0.6 is 15.9 Å². The van der Waals surface area contributed by atoms with Crippen molar-refractivity contribution in [2.45, 2.75) is 19.9 Å². The molecular formula is C17H17BrFNO. The van der Waals surface area contributed by atoms with Gasteiger partial charge >= 0.3 is 0 Å². The molecule has 0 aliphatic heterocycles. The minimum atomic E-state index is -0.489. The van der Waals surface area contributed by atoms with E-state index in [-0.39, 0.29) is 11.5 Å². The molecule has 0 bridgehead atoms. The molecule has 4 heteroatoms. The van der Waals surface area contributed by atoms with E-state index >= 15 is 0 Å². The minimum Gasteiger partial charge on any atom is -0.334 e. The second-order valence-electron chi connectivity index (χ2n) is 4.84. The van der Waals surface area contributed by atoms with Crippen LogP contribution in [0.2, 0.25) is 0 Å². The van der Waals surface area contributed by atoms with Crippen LogP contribution in [-0.4, -0.2) is 17.4 Å². The van der Waals surface area contributed by atoms with Gasteiger partial charge in [-0.05, 0) is 30.2 Å². The largest absolute Gasteiger partial charge is 0.334 e. The van der Waals surface area contributed by atoms with Crippen LogP contribution in [0, 0.1) is 5.82 Å². The van der Waals surface area contributed by atoms with E-state index in [0.29, 0.717) is 17.6 Å². The summed E-state index contributed by atoms with van der Waals surface area (Å²) in [7, 11) is 0. The predicted octanol–water partition coefficient (Wildman–Crippen LogP) is 4.64. The van der Waals surface area contributed by atoms with Gasteiger partial charge in [0.1, 0.15) is 5.82 Å². The van der Waals surface area contributed by atoms with Crippen molar-refractivity contribution in [3.63, 3.8) is 0 Å². The average molecular weight is 350 g/mol. The zero-order valence-corrected chi connectivity index (χ0v) is 13.4. The molecule has 110 valence electrons. The van der Waals surface area contributed by atoms with E-state index in [1.807, 2.05) is 37.3 Å². The van der Waals surface area contributed by atoms with Gasteiger partial charge < -0.3 is 4.90 Å². The number of amides is 1. The van der Waals surface area contributed by atoms with Gasteiger partial charge in [0, 0.05) is 17.6 Å². The van der Waals surface area contributed by atoms with Gasteiger partial charge in [-0.3, -0.25) is 4.79 Å². The molecule has 0 saturated heterocycles. The van der Waals surface area contributed by atoms with Gasteiger partial charge in [-0.25, -0.2) is 4.39 Å². The fourth-order valence-electron chi connectivity index (χ4n) is 2.16. The van der Waals surface area contributed by atoms with Crippen LogP contribution in [0.3, 0.4) is 0 Å². The van der Waals surface area contributed by atoms with E-state index in [2.05, 4.69) is 15.9 Å². The summed E-state index contributed by atoms with van der Waals surface area (Å²) in [6.07, 6.45) is 0.828. The molecule has 2 nitrogen and oxygen atoms in total. The van der Waals surface area contributed by atoms with E-state index in [4.69, 9.17) is 0 Å². The Morgan fingerprint density at radius 3 is 2.57 bits per heavy atom. The minimum absolute atomic E-state index is 0.105. The van der Waals surface area contributed by atoms with Crippen molar-refractivity contribution >= 4 is 21.8 Å². The van der Waals surface area contributed by atoms with Crippen molar-refractivity contribution in [2.75, 3.05) is 6.54 Å². The van der Waals surface area contributed by atoms with Crippen LogP contribution in [0.4, 0.5) is 4.39 Å². The molecule has 0 aliphatic carbocycles. The predicted molar refractivity (Wildman–Crippen MR) is 85.6 cm³/mol. The Hall–Kier alpha value is -1.68. The maximum atomic E-state index is 13.9. The molecule has 0 spiro atoms. The molecule has 21 heavy (non-hydrogen) atoms. The van der Waals surface area contributed by atoms with Crippen LogP contribution in [0.1, 0.15) is 29.3 Å². The molecule has 0 unspecified atom stereocenters. The Kier molecular flexibility index (Phi) is 5.51. The number of benzene rings is 2. The van der Waals surface area contributed by atoms with Crippen molar-refractivity contribution in [3.05, 3.63) is 69.9 Å². The fraction of sp³-hybridized carbons (Fsp3) is 0.235. The van der Waals surface area contributed by atoms with Gasteiger partial charge in [0.15, 0.2) is 0 Å². The molecule has 0 aromatic heterocycles. The Bertz CT molecular complexity index is 615. The quantitative estimate of drug-likeness (QED) is 0.769. The van der Waals surface area contributed by atoms with Crippen LogP contribution in [0.5, 0.6) is 0 Å². The monoisotopic (exact) mass is 349 g/mol. The first-order chi connectivity index (χ1) is 10.1. The molecule has 1 amide bonds. The molecule has 2 rings (SSSR count). The lowest BCUT2D eigenvalue weighted by Gasteiger charge is -2.22. The van der Waals surface area contributed by atoms with Crippen molar-refractivity contribution in [1.29, 1.82) is 0 Å². The van der Waals surface area contributed by atoms with E-state index < -0.39 is 5.82 Å². The van der Waals surface area contributed by atoms with Gasteiger partial charge in [0.05, 0.1) is 5.56 Å². The number of hydrogen-bond acceptors (Lipinski definition) is 1. The molecule has 0 fully saturated rings.